The zero-order chi connectivity index (χ0) is 18.0. The molecule has 1 amide bonds. The highest BCUT2D eigenvalue weighted by atomic mass is 32.2. The molecule has 3 rings (SSSR count). The van der Waals surface area contributed by atoms with Gasteiger partial charge in [0, 0.05) is 5.92 Å². The van der Waals surface area contributed by atoms with Crippen LogP contribution < -0.4 is 5.32 Å². The van der Waals surface area contributed by atoms with Gasteiger partial charge in [0.15, 0.2) is 0 Å². The first-order valence-electron chi connectivity index (χ1n) is 7.87. The second-order valence-electron chi connectivity index (χ2n) is 5.87. The van der Waals surface area contributed by atoms with Crippen molar-refractivity contribution in [1.82, 2.24) is 20.1 Å². The molecule has 2 aromatic rings. The van der Waals surface area contributed by atoms with Crippen molar-refractivity contribution in [3.63, 3.8) is 0 Å². The number of nitrogens with one attached hydrogen (secondary N) is 1. The van der Waals surface area contributed by atoms with Crippen LogP contribution in [0, 0.1) is 0 Å². The largest absolute Gasteiger partial charge is 0.405 e. The summed E-state index contributed by atoms with van der Waals surface area (Å²) in [5, 5.41) is 5.99. The molecule has 1 saturated carbocycles. The minimum atomic E-state index is -4.42. The third-order valence-corrected chi connectivity index (χ3v) is 4.62. The van der Waals surface area contributed by atoms with Gasteiger partial charge < -0.3 is 5.32 Å². The number of carbonyl (C=O) groups excluding carboxylic acids is 1. The van der Waals surface area contributed by atoms with Crippen LogP contribution in [0.4, 0.5) is 13.2 Å². The zero-order valence-electron chi connectivity index (χ0n) is 13.5. The number of carbonyl (C=O) groups is 1. The maximum Gasteiger partial charge on any atom is 0.405 e. The van der Waals surface area contributed by atoms with Crippen LogP contribution in [0.1, 0.15) is 31.5 Å². The Kier molecular flexibility index (Phi) is 5.03. The molecule has 1 fully saturated rings. The van der Waals surface area contributed by atoms with Crippen LogP contribution in [0.25, 0.3) is 5.69 Å². The first-order valence-corrected chi connectivity index (χ1v) is 8.75. The van der Waals surface area contributed by atoms with Gasteiger partial charge in [-0.05, 0) is 31.9 Å². The van der Waals surface area contributed by atoms with E-state index in [0.717, 1.165) is 36.1 Å². The van der Waals surface area contributed by atoms with Crippen molar-refractivity contribution in [2.45, 2.75) is 42.3 Å². The SMILES string of the molecule is CC(Sc1nc(C2CC2)n(-c2ccccc2)n1)C(=O)NCC(F)(F)F. The molecule has 1 aliphatic carbocycles. The summed E-state index contributed by atoms with van der Waals surface area (Å²) in [5.41, 5.74) is 0.873. The van der Waals surface area contributed by atoms with Crippen LogP contribution in [-0.4, -0.2) is 38.6 Å². The van der Waals surface area contributed by atoms with E-state index in [1.807, 2.05) is 35.6 Å². The number of halogens is 3. The van der Waals surface area contributed by atoms with E-state index in [1.165, 1.54) is 6.92 Å². The van der Waals surface area contributed by atoms with Crippen molar-refractivity contribution in [2.24, 2.45) is 0 Å². The second-order valence-corrected chi connectivity index (χ2v) is 7.18. The number of alkyl halides is 3. The van der Waals surface area contributed by atoms with E-state index in [4.69, 9.17) is 0 Å². The number of rotatable bonds is 6. The average Bonchev–Trinajstić information content (AvgIpc) is 3.33. The fraction of sp³-hybridized carbons (Fsp3) is 0.438. The third kappa shape index (κ3) is 4.75. The van der Waals surface area contributed by atoms with Crippen LogP contribution in [0.5, 0.6) is 0 Å². The van der Waals surface area contributed by atoms with Crippen molar-refractivity contribution in [1.29, 1.82) is 0 Å². The molecule has 0 saturated heterocycles. The van der Waals surface area contributed by atoms with Gasteiger partial charge >= 0.3 is 6.18 Å². The van der Waals surface area contributed by atoms with Gasteiger partial charge in [0.1, 0.15) is 12.4 Å². The summed E-state index contributed by atoms with van der Waals surface area (Å²) in [6, 6.07) is 9.52. The number of amides is 1. The highest BCUT2D eigenvalue weighted by Crippen LogP contribution is 2.40. The van der Waals surface area contributed by atoms with Crippen molar-refractivity contribution in [3.8, 4) is 5.69 Å². The molecule has 1 aromatic heterocycles. The van der Waals surface area contributed by atoms with Crippen molar-refractivity contribution < 1.29 is 18.0 Å². The molecular formula is C16H17F3N4OS. The van der Waals surface area contributed by atoms with Gasteiger partial charge in [-0.1, -0.05) is 30.0 Å². The Labute approximate surface area is 147 Å². The van der Waals surface area contributed by atoms with Crippen molar-refractivity contribution in [2.75, 3.05) is 6.54 Å². The minimum absolute atomic E-state index is 0.344. The Balaban J connectivity index is 1.72. The van der Waals surface area contributed by atoms with Crippen molar-refractivity contribution in [3.05, 3.63) is 36.2 Å². The fourth-order valence-electron chi connectivity index (χ4n) is 2.26. The zero-order valence-corrected chi connectivity index (χ0v) is 14.3. The van der Waals surface area contributed by atoms with Gasteiger partial charge in [0.25, 0.3) is 0 Å². The lowest BCUT2D eigenvalue weighted by Gasteiger charge is -2.11. The lowest BCUT2D eigenvalue weighted by molar-refractivity contribution is -0.137. The van der Waals surface area contributed by atoms with Crippen molar-refractivity contribution >= 4 is 17.7 Å². The maximum absolute atomic E-state index is 12.2. The fourth-order valence-corrected chi connectivity index (χ4v) is 3.04. The van der Waals surface area contributed by atoms with E-state index in [-0.39, 0.29) is 0 Å². The lowest BCUT2D eigenvalue weighted by atomic mass is 10.3. The monoisotopic (exact) mass is 370 g/mol. The summed E-state index contributed by atoms with van der Waals surface area (Å²) in [5.74, 6) is 0.486. The first-order chi connectivity index (χ1) is 11.8. The molecule has 0 spiro atoms. The molecule has 0 bridgehead atoms. The maximum atomic E-state index is 12.2. The second kappa shape index (κ2) is 7.07. The quantitative estimate of drug-likeness (QED) is 0.793. The molecule has 1 aliphatic rings. The van der Waals surface area contributed by atoms with Crippen LogP contribution in [0.3, 0.4) is 0 Å². The molecule has 1 unspecified atom stereocenters. The summed E-state index contributed by atoms with van der Waals surface area (Å²) in [6.07, 6.45) is -2.35. The van der Waals surface area contributed by atoms with Crippen LogP contribution in [0.2, 0.25) is 0 Å². The molecule has 1 atom stereocenters. The number of hydrogen-bond acceptors (Lipinski definition) is 4. The Hall–Kier alpha value is -2.03. The van der Waals surface area contributed by atoms with E-state index >= 15 is 0 Å². The summed E-state index contributed by atoms with van der Waals surface area (Å²) >= 11 is 1.05. The minimum Gasteiger partial charge on any atom is -0.346 e. The van der Waals surface area contributed by atoms with E-state index in [1.54, 1.807) is 4.68 Å². The molecule has 1 heterocycles. The molecule has 1 aromatic carbocycles. The first kappa shape index (κ1) is 17.8. The van der Waals surface area contributed by atoms with E-state index in [9.17, 15) is 18.0 Å². The normalized spacial score (nSPS) is 15.8. The highest BCUT2D eigenvalue weighted by Gasteiger charge is 2.32. The molecule has 5 nitrogen and oxygen atoms in total. The number of aromatic nitrogens is 3. The average molecular weight is 370 g/mol. The number of nitrogens with zero attached hydrogens (tertiary/aromatic N) is 3. The standard InChI is InChI=1S/C16H17F3N4OS/c1-10(14(24)20-9-16(17,18)19)25-15-21-13(11-7-8-11)23(22-15)12-5-3-2-4-6-12/h2-6,10-11H,7-9H2,1H3,(H,20,24). The smallest absolute Gasteiger partial charge is 0.346 e. The van der Waals surface area contributed by atoms with Gasteiger partial charge in [-0.15, -0.1) is 5.10 Å². The summed E-state index contributed by atoms with van der Waals surface area (Å²) in [6.45, 7) is 0.201. The van der Waals surface area contributed by atoms with Gasteiger partial charge in [-0.2, -0.15) is 13.2 Å². The summed E-state index contributed by atoms with van der Waals surface area (Å²) in [7, 11) is 0. The number of thioether (sulfide) groups is 1. The lowest BCUT2D eigenvalue weighted by Crippen LogP contribution is -2.38. The van der Waals surface area contributed by atoms with Gasteiger partial charge in [0.2, 0.25) is 11.1 Å². The van der Waals surface area contributed by atoms with Gasteiger partial charge in [-0.3, -0.25) is 4.79 Å². The van der Waals surface area contributed by atoms with Crippen LogP contribution in [0.15, 0.2) is 35.5 Å². The highest BCUT2D eigenvalue weighted by molar-refractivity contribution is 8.00. The molecule has 0 aliphatic heterocycles. The molecule has 9 heteroatoms. The predicted octanol–water partition coefficient (Wildman–Crippen LogP) is 3.30. The number of hydrogen-bond donors (Lipinski definition) is 1. The Morgan fingerprint density at radius 2 is 2.04 bits per heavy atom. The molecule has 0 radical (unpaired) electrons. The Morgan fingerprint density at radius 1 is 1.36 bits per heavy atom. The molecule has 134 valence electrons. The molecule has 25 heavy (non-hydrogen) atoms. The summed E-state index contributed by atoms with van der Waals surface area (Å²) in [4.78, 5) is 16.3. The number of benzene rings is 1. The van der Waals surface area contributed by atoms with E-state index in [2.05, 4.69) is 10.1 Å². The van der Waals surface area contributed by atoms with Crippen LogP contribution >= 0.6 is 11.8 Å². The van der Waals surface area contributed by atoms with Gasteiger partial charge in [0.05, 0.1) is 10.9 Å². The topological polar surface area (TPSA) is 59.8 Å². The van der Waals surface area contributed by atoms with E-state index < -0.39 is 23.9 Å². The Morgan fingerprint density at radius 3 is 2.64 bits per heavy atom. The number of para-hydroxylation sites is 1. The Bertz CT molecular complexity index is 744. The third-order valence-electron chi connectivity index (χ3n) is 3.67. The van der Waals surface area contributed by atoms with E-state index in [0.29, 0.717) is 11.1 Å². The predicted molar refractivity (Wildman–Crippen MR) is 87.7 cm³/mol. The van der Waals surface area contributed by atoms with Gasteiger partial charge in [-0.25, -0.2) is 9.67 Å². The molecule has 1 N–H and O–H groups in total. The van der Waals surface area contributed by atoms with Crippen LogP contribution in [-0.2, 0) is 4.79 Å². The molecular weight excluding hydrogens is 353 g/mol. The summed E-state index contributed by atoms with van der Waals surface area (Å²) < 4.78 is 38.3.